The van der Waals surface area contributed by atoms with Crippen molar-refractivity contribution in [3.8, 4) is 10.8 Å². The van der Waals surface area contributed by atoms with Gasteiger partial charge in [0.05, 0.1) is 24.7 Å². The third-order valence-electron chi connectivity index (χ3n) is 4.12. The van der Waals surface area contributed by atoms with Crippen molar-refractivity contribution in [2.24, 2.45) is 0 Å². The number of methoxy groups -OCH3 is 1. The average Bonchev–Trinajstić information content (AvgIpc) is 3.16. The van der Waals surface area contributed by atoms with Crippen molar-refractivity contribution in [3.05, 3.63) is 39.9 Å². The van der Waals surface area contributed by atoms with Crippen molar-refractivity contribution < 1.29 is 14.0 Å². The Morgan fingerprint density at radius 1 is 1.31 bits per heavy atom. The summed E-state index contributed by atoms with van der Waals surface area (Å²) < 4.78 is 14.1. The molecular weight excluding hydrogens is 432 g/mol. The van der Waals surface area contributed by atoms with Crippen molar-refractivity contribution in [1.29, 1.82) is 0 Å². The lowest BCUT2D eigenvalue weighted by Crippen LogP contribution is -2.29. The van der Waals surface area contributed by atoms with Crippen LogP contribution >= 0.6 is 27.3 Å². The molecule has 26 heavy (non-hydrogen) atoms. The van der Waals surface area contributed by atoms with Crippen LogP contribution in [0.3, 0.4) is 0 Å². The molecule has 5 nitrogen and oxygen atoms in total. The van der Waals surface area contributed by atoms with Gasteiger partial charge in [0.15, 0.2) is 10.6 Å². The summed E-state index contributed by atoms with van der Waals surface area (Å²) in [5.41, 5.74) is 1.85. The van der Waals surface area contributed by atoms with Crippen molar-refractivity contribution in [1.82, 2.24) is 9.55 Å². The van der Waals surface area contributed by atoms with E-state index in [4.69, 9.17) is 9.16 Å². The van der Waals surface area contributed by atoms with E-state index < -0.39 is 9.04 Å². The van der Waals surface area contributed by atoms with E-state index in [0.29, 0.717) is 10.6 Å². The van der Waals surface area contributed by atoms with E-state index in [1.54, 1.807) is 6.33 Å². The van der Waals surface area contributed by atoms with Gasteiger partial charge in [-0.25, -0.2) is 9.78 Å². The maximum atomic E-state index is 12.3. The number of nitrogens with zero attached hydrogens (tertiary/aromatic N) is 2. The van der Waals surface area contributed by atoms with Gasteiger partial charge < -0.3 is 9.16 Å². The van der Waals surface area contributed by atoms with Gasteiger partial charge in [0.1, 0.15) is 16.4 Å². The van der Waals surface area contributed by atoms with Crippen LogP contribution in [0.1, 0.15) is 30.4 Å². The summed E-state index contributed by atoms with van der Waals surface area (Å²) in [6.45, 7) is 8.54. The largest absolute Gasteiger partial charge is 0.544 e. The summed E-state index contributed by atoms with van der Waals surface area (Å²) in [5, 5.41) is 0.914. The minimum Gasteiger partial charge on any atom is -0.465 e. The number of ether oxygens (including phenoxy) is 1. The van der Waals surface area contributed by atoms with E-state index in [1.165, 1.54) is 18.4 Å². The minimum atomic E-state index is -1.16. The predicted octanol–water partition coefficient (Wildman–Crippen LogP) is 5.44. The van der Waals surface area contributed by atoms with E-state index in [2.05, 4.69) is 48.2 Å². The lowest BCUT2D eigenvalue weighted by Gasteiger charge is -2.11. The first-order valence-electron chi connectivity index (χ1n) is 8.07. The van der Waals surface area contributed by atoms with E-state index in [-0.39, 0.29) is 11.0 Å². The van der Waals surface area contributed by atoms with E-state index in [9.17, 15) is 4.79 Å². The molecule has 0 aliphatic carbocycles. The van der Waals surface area contributed by atoms with Crippen LogP contribution in [0.5, 0.6) is 5.75 Å². The molecule has 0 atom stereocenters. The second kappa shape index (κ2) is 7.17. The molecule has 2 aromatic heterocycles. The SMILES string of the molecule is COC(=O)c1sc(-n2cnc3ccc(Br)cc32)cc1O[Si+](C)C(C)(C)C. The van der Waals surface area contributed by atoms with Crippen molar-refractivity contribution >= 4 is 53.3 Å². The van der Waals surface area contributed by atoms with Crippen LogP contribution in [0.15, 0.2) is 35.1 Å². The van der Waals surface area contributed by atoms with Gasteiger partial charge >= 0.3 is 15.0 Å². The number of hydrogen-bond donors (Lipinski definition) is 0. The number of thiophene rings is 1. The van der Waals surface area contributed by atoms with E-state index in [1.807, 2.05) is 28.8 Å². The van der Waals surface area contributed by atoms with Gasteiger partial charge in [0.2, 0.25) is 0 Å². The number of esters is 1. The first kappa shape index (κ1) is 19.1. The zero-order valence-corrected chi connectivity index (χ0v) is 18.7. The van der Waals surface area contributed by atoms with Crippen LogP contribution in [0.25, 0.3) is 16.0 Å². The molecule has 3 rings (SSSR count). The third kappa shape index (κ3) is 3.72. The van der Waals surface area contributed by atoms with Crippen molar-refractivity contribution in [3.63, 3.8) is 0 Å². The molecule has 0 saturated carbocycles. The molecule has 0 spiro atoms. The molecule has 0 fully saturated rings. The number of carbonyl (C=O) groups excluding carboxylic acids is 1. The maximum absolute atomic E-state index is 12.3. The summed E-state index contributed by atoms with van der Waals surface area (Å²) in [4.78, 5) is 17.2. The molecule has 0 bridgehead atoms. The molecule has 2 heterocycles. The summed E-state index contributed by atoms with van der Waals surface area (Å²) >= 11 is 4.85. The highest BCUT2D eigenvalue weighted by Gasteiger charge is 2.42. The molecule has 0 aliphatic heterocycles. The molecule has 0 saturated heterocycles. The molecule has 3 aromatic rings. The van der Waals surface area contributed by atoms with Crippen LogP contribution < -0.4 is 4.43 Å². The standard InChI is InChI=1S/C18H20BrN2O3SSi/c1-18(2,3)26(5)24-14-9-15(25-16(14)17(22)23-4)21-10-20-12-7-6-11(19)8-13(12)21/h6-10H,1-5H3/q+1. The monoisotopic (exact) mass is 451 g/mol. The molecule has 0 radical (unpaired) electrons. The Labute approximate surface area is 166 Å². The second-order valence-corrected chi connectivity index (χ2v) is 11.7. The first-order valence-corrected chi connectivity index (χ1v) is 11.6. The Kier molecular flexibility index (Phi) is 5.27. The van der Waals surface area contributed by atoms with Crippen LogP contribution in [-0.2, 0) is 4.74 Å². The summed E-state index contributed by atoms with van der Waals surface area (Å²) in [7, 11) is 0.228. The van der Waals surface area contributed by atoms with Crippen molar-refractivity contribution in [2.75, 3.05) is 7.11 Å². The molecule has 0 N–H and O–H groups in total. The molecular formula is C18H20BrN2O3SSi+. The third-order valence-corrected chi connectivity index (χ3v) is 8.35. The van der Waals surface area contributed by atoms with Gasteiger partial charge in [0.25, 0.3) is 0 Å². The van der Waals surface area contributed by atoms with E-state index in [0.717, 1.165) is 20.5 Å². The fourth-order valence-electron chi connectivity index (χ4n) is 2.27. The highest BCUT2D eigenvalue weighted by Crippen LogP contribution is 2.37. The Bertz CT molecular complexity index is 961. The average molecular weight is 452 g/mol. The minimum absolute atomic E-state index is 0.0483. The Morgan fingerprint density at radius 2 is 2.04 bits per heavy atom. The summed E-state index contributed by atoms with van der Waals surface area (Å²) in [6.07, 6.45) is 1.76. The number of rotatable bonds is 4. The fraction of sp³-hybridized carbons (Fsp3) is 0.333. The second-order valence-electron chi connectivity index (χ2n) is 6.93. The Hall–Kier alpha value is -1.64. The maximum Gasteiger partial charge on any atom is 0.544 e. The number of imidazole rings is 1. The predicted molar refractivity (Wildman–Crippen MR) is 110 cm³/mol. The molecule has 0 unspecified atom stereocenters. The topological polar surface area (TPSA) is 53.4 Å². The van der Waals surface area contributed by atoms with Gasteiger partial charge in [-0.2, -0.15) is 0 Å². The fourth-order valence-corrected chi connectivity index (χ4v) is 4.47. The first-order chi connectivity index (χ1) is 12.2. The number of hydrogen-bond acceptors (Lipinski definition) is 5. The quantitative estimate of drug-likeness (QED) is 0.391. The van der Waals surface area contributed by atoms with Crippen LogP contribution in [0, 0.1) is 0 Å². The highest BCUT2D eigenvalue weighted by atomic mass is 79.9. The molecule has 8 heteroatoms. The number of halogens is 1. The lowest BCUT2D eigenvalue weighted by atomic mass is 10.3. The number of benzene rings is 1. The van der Waals surface area contributed by atoms with Gasteiger partial charge in [-0.1, -0.05) is 15.9 Å². The van der Waals surface area contributed by atoms with Gasteiger partial charge in [-0.3, -0.25) is 4.57 Å². The normalized spacial score (nSPS) is 11.6. The van der Waals surface area contributed by atoms with E-state index >= 15 is 0 Å². The smallest absolute Gasteiger partial charge is 0.465 e. The molecule has 0 amide bonds. The summed E-state index contributed by atoms with van der Waals surface area (Å²) in [5.74, 6) is 0.200. The molecule has 0 aliphatic rings. The number of fused-ring (bicyclic) bond motifs is 1. The molecule has 136 valence electrons. The zero-order valence-electron chi connectivity index (χ0n) is 15.3. The van der Waals surface area contributed by atoms with Gasteiger partial charge in [-0.15, -0.1) is 11.3 Å². The van der Waals surface area contributed by atoms with Crippen molar-refractivity contribution in [2.45, 2.75) is 32.4 Å². The van der Waals surface area contributed by atoms with Gasteiger partial charge in [-0.05, 0) is 39.0 Å². The van der Waals surface area contributed by atoms with Gasteiger partial charge in [0, 0.05) is 10.5 Å². The van der Waals surface area contributed by atoms with Crippen LogP contribution in [0.4, 0.5) is 0 Å². The highest BCUT2D eigenvalue weighted by molar-refractivity contribution is 9.10. The molecule has 1 aromatic carbocycles. The Morgan fingerprint density at radius 3 is 2.69 bits per heavy atom. The van der Waals surface area contributed by atoms with Crippen LogP contribution in [-0.4, -0.2) is 31.7 Å². The number of carbonyl (C=O) groups is 1. The summed E-state index contributed by atoms with van der Waals surface area (Å²) in [6, 6.07) is 7.82. The number of aromatic nitrogens is 2. The lowest BCUT2D eigenvalue weighted by molar-refractivity contribution is 0.0604. The zero-order chi connectivity index (χ0) is 19.1. The Balaban J connectivity index is 2.08. The van der Waals surface area contributed by atoms with Crippen LogP contribution in [0.2, 0.25) is 11.6 Å².